The fraction of sp³-hybridized carbons (Fsp3) is 0.150. The maximum Gasteiger partial charge on any atom is 0.344 e. The molecular weight excluding hydrogens is 380 g/mol. The van der Waals surface area contributed by atoms with Gasteiger partial charge in [0.15, 0.2) is 22.6 Å². The molecule has 0 spiro atoms. The van der Waals surface area contributed by atoms with Crippen molar-refractivity contribution in [3.8, 4) is 11.5 Å². The topological polar surface area (TPSA) is 90.1 Å². The van der Waals surface area contributed by atoms with E-state index in [0.29, 0.717) is 20.8 Å². The molecule has 0 unspecified atom stereocenters. The molecule has 0 saturated carbocycles. The van der Waals surface area contributed by atoms with Gasteiger partial charge in [0.2, 0.25) is 0 Å². The normalized spacial score (nSPS) is 13.1. The third-order valence-electron chi connectivity index (χ3n) is 4.30. The van der Waals surface area contributed by atoms with E-state index in [2.05, 4.69) is 4.98 Å². The predicted octanol–water partition coefficient (Wildman–Crippen LogP) is 2.32. The number of carbonyl (C=O) groups is 1. The van der Waals surface area contributed by atoms with Crippen LogP contribution in [-0.4, -0.2) is 33.7 Å². The highest BCUT2D eigenvalue weighted by Crippen LogP contribution is 2.32. The first kappa shape index (κ1) is 18.0. The van der Waals surface area contributed by atoms with Crippen LogP contribution < -0.4 is 19.6 Å². The summed E-state index contributed by atoms with van der Waals surface area (Å²) in [5.74, 6) is -0.432. The Balaban J connectivity index is 1.90. The standard InChI is InChI=1S/C20H16N2O5S/c1-11(19(24)25)27-17-12(6-5-9-15(17)26-2)10-16-18(23)22-14-8-4-3-7-13(14)21-20(22)28-16/h3-11H,1-2H3,(H,24,25)/b16-10+/t11-/m1/s1. The van der Waals surface area contributed by atoms with E-state index in [4.69, 9.17) is 14.6 Å². The van der Waals surface area contributed by atoms with Gasteiger partial charge < -0.3 is 14.6 Å². The number of fused-ring (bicyclic) bond motifs is 3. The van der Waals surface area contributed by atoms with E-state index in [1.807, 2.05) is 24.3 Å². The van der Waals surface area contributed by atoms with E-state index in [1.54, 1.807) is 28.7 Å². The Morgan fingerprint density at radius 1 is 1.25 bits per heavy atom. The van der Waals surface area contributed by atoms with E-state index >= 15 is 0 Å². The summed E-state index contributed by atoms with van der Waals surface area (Å²) in [5.41, 5.74) is 1.88. The van der Waals surface area contributed by atoms with Gasteiger partial charge in [-0.1, -0.05) is 35.6 Å². The number of benzene rings is 2. The first-order valence-corrected chi connectivity index (χ1v) is 9.29. The Hall–Kier alpha value is -3.39. The minimum atomic E-state index is -1.09. The molecule has 0 radical (unpaired) electrons. The molecule has 7 nitrogen and oxygen atoms in total. The van der Waals surface area contributed by atoms with Crippen molar-refractivity contribution in [2.45, 2.75) is 13.0 Å². The highest BCUT2D eigenvalue weighted by Gasteiger charge is 2.18. The molecule has 0 aliphatic heterocycles. The summed E-state index contributed by atoms with van der Waals surface area (Å²) >= 11 is 1.26. The molecule has 28 heavy (non-hydrogen) atoms. The molecule has 0 aliphatic carbocycles. The molecule has 8 heteroatoms. The fourth-order valence-electron chi connectivity index (χ4n) is 2.91. The highest BCUT2D eigenvalue weighted by atomic mass is 32.1. The monoisotopic (exact) mass is 396 g/mol. The first-order chi connectivity index (χ1) is 13.5. The zero-order chi connectivity index (χ0) is 19.8. The molecule has 4 aromatic rings. The Bertz CT molecular complexity index is 1310. The fourth-order valence-corrected chi connectivity index (χ4v) is 3.89. The summed E-state index contributed by atoms with van der Waals surface area (Å²) in [6.07, 6.45) is 0.600. The van der Waals surface area contributed by atoms with E-state index in [0.717, 1.165) is 11.0 Å². The maximum absolute atomic E-state index is 12.9. The molecule has 2 heterocycles. The molecular formula is C20H16N2O5S. The van der Waals surface area contributed by atoms with Crippen LogP contribution in [0.4, 0.5) is 0 Å². The zero-order valence-corrected chi connectivity index (χ0v) is 15.9. The van der Waals surface area contributed by atoms with Crippen molar-refractivity contribution < 1.29 is 19.4 Å². The van der Waals surface area contributed by atoms with Crippen LogP contribution in [0.15, 0.2) is 47.3 Å². The summed E-state index contributed by atoms with van der Waals surface area (Å²) in [5, 5.41) is 9.16. The van der Waals surface area contributed by atoms with E-state index < -0.39 is 12.1 Å². The molecule has 1 atom stereocenters. The van der Waals surface area contributed by atoms with Crippen LogP contribution in [0, 0.1) is 0 Å². The lowest BCUT2D eigenvalue weighted by atomic mass is 10.1. The predicted molar refractivity (Wildman–Crippen MR) is 106 cm³/mol. The number of para-hydroxylation sites is 3. The zero-order valence-electron chi connectivity index (χ0n) is 15.1. The number of nitrogens with zero attached hydrogens (tertiary/aromatic N) is 2. The quantitative estimate of drug-likeness (QED) is 0.557. The molecule has 0 amide bonds. The van der Waals surface area contributed by atoms with Gasteiger partial charge in [-0.05, 0) is 31.2 Å². The van der Waals surface area contributed by atoms with E-state index in [9.17, 15) is 9.59 Å². The molecule has 4 rings (SSSR count). The Kier molecular flexibility index (Phi) is 4.48. The molecule has 0 aliphatic rings. The van der Waals surface area contributed by atoms with Crippen molar-refractivity contribution in [1.82, 2.24) is 9.38 Å². The summed E-state index contributed by atoms with van der Waals surface area (Å²) in [6, 6.07) is 12.6. The number of imidazole rings is 1. The van der Waals surface area contributed by atoms with Crippen LogP contribution in [0.2, 0.25) is 0 Å². The number of hydrogen-bond acceptors (Lipinski definition) is 6. The van der Waals surface area contributed by atoms with Crippen molar-refractivity contribution in [1.29, 1.82) is 0 Å². The smallest absolute Gasteiger partial charge is 0.344 e. The maximum atomic E-state index is 12.9. The van der Waals surface area contributed by atoms with Crippen LogP contribution in [0.5, 0.6) is 11.5 Å². The minimum Gasteiger partial charge on any atom is -0.493 e. The van der Waals surface area contributed by atoms with Crippen LogP contribution in [-0.2, 0) is 4.79 Å². The van der Waals surface area contributed by atoms with Crippen LogP contribution in [0.1, 0.15) is 12.5 Å². The van der Waals surface area contributed by atoms with Crippen LogP contribution >= 0.6 is 11.3 Å². The van der Waals surface area contributed by atoms with Gasteiger partial charge in [0.05, 0.1) is 22.7 Å². The minimum absolute atomic E-state index is 0.186. The number of thiazole rings is 1. The molecule has 0 fully saturated rings. The molecule has 2 aromatic heterocycles. The number of aromatic nitrogens is 2. The number of carboxylic acids is 1. The molecule has 2 aromatic carbocycles. The molecule has 1 N–H and O–H groups in total. The number of ether oxygens (including phenoxy) is 2. The number of methoxy groups -OCH3 is 1. The highest BCUT2D eigenvalue weighted by molar-refractivity contribution is 7.15. The van der Waals surface area contributed by atoms with Crippen molar-refractivity contribution in [2.24, 2.45) is 0 Å². The second kappa shape index (κ2) is 6.97. The van der Waals surface area contributed by atoms with E-state index in [-0.39, 0.29) is 11.3 Å². The van der Waals surface area contributed by atoms with Crippen molar-refractivity contribution in [3.05, 3.63) is 62.9 Å². The van der Waals surface area contributed by atoms with Gasteiger partial charge in [0.1, 0.15) is 0 Å². The Morgan fingerprint density at radius 3 is 2.79 bits per heavy atom. The van der Waals surface area contributed by atoms with Gasteiger partial charge in [0, 0.05) is 5.56 Å². The van der Waals surface area contributed by atoms with Gasteiger partial charge >= 0.3 is 5.97 Å². The van der Waals surface area contributed by atoms with Gasteiger partial charge in [0.25, 0.3) is 5.56 Å². The average Bonchev–Trinajstić information content (AvgIpc) is 3.19. The van der Waals surface area contributed by atoms with Crippen LogP contribution in [0.25, 0.3) is 22.1 Å². The number of rotatable bonds is 5. The number of aliphatic carboxylic acids is 1. The van der Waals surface area contributed by atoms with Gasteiger partial charge in [-0.25, -0.2) is 14.2 Å². The SMILES string of the molecule is COc1cccc(/C=c2/sc3nc4ccccc4n3c2=O)c1O[C@H](C)C(=O)O. The van der Waals surface area contributed by atoms with Crippen molar-refractivity contribution in [2.75, 3.05) is 7.11 Å². The van der Waals surface area contributed by atoms with E-state index in [1.165, 1.54) is 25.4 Å². The lowest BCUT2D eigenvalue weighted by Crippen LogP contribution is -2.24. The van der Waals surface area contributed by atoms with Gasteiger partial charge in [-0.2, -0.15) is 0 Å². The van der Waals surface area contributed by atoms with Crippen molar-refractivity contribution >= 4 is 39.4 Å². The van der Waals surface area contributed by atoms with Crippen molar-refractivity contribution in [3.63, 3.8) is 0 Å². The summed E-state index contributed by atoms with van der Waals surface area (Å²) in [4.78, 5) is 29.2. The lowest BCUT2D eigenvalue weighted by molar-refractivity contribution is -0.144. The average molecular weight is 396 g/mol. The summed E-state index contributed by atoms with van der Waals surface area (Å²) in [7, 11) is 1.47. The second-order valence-corrected chi connectivity index (χ2v) is 7.12. The van der Waals surface area contributed by atoms with Gasteiger partial charge in [-0.15, -0.1) is 0 Å². The third kappa shape index (κ3) is 2.97. The second-order valence-electron chi connectivity index (χ2n) is 6.11. The lowest BCUT2D eigenvalue weighted by Gasteiger charge is -2.15. The molecule has 0 saturated heterocycles. The van der Waals surface area contributed by atoms with Crippen LogP contribution in [0.3, 0.4) is 0 Å². The first-order valence-electron chi connectivity index (χ1n) is 8.48. The molecule has 0 bridgehead atoms. The Morgan fingerprint density at radius 2 is 2.04 bits per heavy atom. The summed E-state index contributed by atoms with van der Waals surface area (Å²) < 4.78 is 12.9. The Labute approximate surface area is 163 Å². The largest absolute Gasteiger partial charge is 0.493 e. The summed E-state index contributed by atoms with van der Waals surface area (Å²) in [6.45, 7) is 1.43. The van der Waals surface area contributed by atoms with Gasteiger partial charge in [-0.3, -0.25) is 4.79 Å². The number of carboxylic acid groups (broad SMARTS) is 1. The molecule has 142 valence electrons. The third-order valence-corrected chi connectivity index (χ3v) is 5.27. The number of hydrogen-bond donors (Lipinski definition) is 1.